The summed E-state index contributed by atoms with van der Waals surface area (Å²) in [7, 11) is 1.67. The molecule has 0 radical (unpaired) electrons. The van der Waals surface area contributed by atoms with E-state index in [2.05, 4.69) is 5.16 Å². The van der Waals surface area contributed by atoms with Crippen LogP contribution < -0.4 is 5.73 Å². The highest BCUT2D eigenvalue weighted by Crippen LogP contribution is 2.22. The third kappa shape index (κ3) is 2.16. The lowest BCUT2D eigenvalue weighted by molar-refractivity contribution is 0.185. The fraction of sp³-hybridized carbons (Fsp3) is 0.182. The van der Waals surface area contributed by atoms with E-state index in [9.17, 15) is 0 Å². The van der Waals surface area contributed by atoms with Gasteiger partial charge < -0.3 is 15.0 Å². The third-order valence-electron chi connectivity index (χ3n) is 2.05. The Balaban J connectivity index is 2.32. The summed E-state index contributed by atoms with van der Waals surface area (Å²) >= 11 is 0. The zero-order valence-corrected chi connectivity index (χ0v) is 8.43. The fourth-order valence-corrected chi connectivity index (χ4v) is 1.41. The first-order valence-corrected chi connectivity index (χ1v) is 4.60. The van der Waals surface area contributed by atoms with Crippen molar-refractivity contribution in [1.82, 2.24) is 5.16 Å². The smallest absolute Gasteiger partial charge is 0.169 e. The fourth-order valence-electron chi connectivity index (χ4n) is 1.41. The van der Waals surface area contributed by atoms with Crippen LogP contribution in [0.1, 0.15) is 5.56 Å². The molecule has 1 heterocycles. The van der Waals surface area contributed by atoms with Crippen LogP contribution in [0.2, 0.25) is 0 Å². The zero-order valence-electron chi connectivity index (χ0n) is 8.43. The van der Waals surface area contributed by atoms with Crippen molar-refractivity contribution in [3.63, 3.8) is 0 Å². The number of aromatic nitrogens is 1. The highest BCUT2D eigenvalue weighted by atomic mass is 16.5. The van der Waals surface area contributed by atoms with Crippen molar-refractivity contribution >= 4 is 5.82 Å². The second-order valence-electron chi connectivity index (χ2n) is 3.25. The van der Waals surface area contributed by atoms with E-state index in [1.54, 1.807) is 13.2 Å². The zero-order chi connectivity index (χ0) is 10.7. The average Bonchev–Trinajstić information content (AvgIpc) is 2.66. The van der Waals surface area contributed by atoms with Gasteiger partial charge in [0.2, 0.25) is 0 Å². The standard InChI is InChI=1S/C11H12N2O2/c1-14-7-8-3-2-4-9(5-8)10-6-11(12)13-15-10/h2-6H,7H2,1H3,(H2,12,13). The van der Waals surface area contributed by atoms with Crippen molar-refractivity contribution in [1.29, 1.82) is 0 Å². The summed E-state index contributed by atoms with van der Waals surface area (Å²) in [6.07, 6.45) is 0. The van der Waals surface area contributed by atoms with Crippen LogP contribution in [0.15, 0.2) is 34.9 Å². The van der Waals surface area contributed by atoms with Crippen molar-refractivity contribution in [3.8, 4) is 11.3 Å². The van der Waals surface area contributed by atoms with Crippen LogP contribution in [-0.4, -0.2) is 12.3 Å². The minimum Gasteiger partial charge on any atom is -0.381 e. The minimum atomic E-state index is 0.391. The van der Waals surface area contributed by atoms with Crippen LogP contribution in [-0.2, 0) is 11.3 Å². The van der Waals surface area contributed by atoms with E-state index >= 15 is 0 Å². The van der Waals surface area contributed by atoms with Gasteiger partial charge in [-0.3, -0.25) is 0 Å². The van der Waals surface area contributed by atoms with E-state index in [0.29, 0.717) is 18.2 Å². The van der Waals surface area contributed by atoms with Gasteiger partial charge in [0.25, 0.3) is 0 Å². The second-order valence-corrected chi connectivity index (χ2v) is 3.25. The van der Waals surface area contributed by atoms with Crippen molar-refractivity contribution in [3.05, 3.63) is 35.9 Å². The first-order chi connectivity index (χ1) is 7.29. The molecule has 0 atom stereocenters. The molecular weight excluding hydrogens is 192 g/mol. The van der Waals surface area contributed by atoms with Crippen LogP contribution in [0.3, 0.4) is 0 Å². The van der Waals surface area contributed by atoms with Gasteiger partial charge in [0.15, 0.2) is 11.6 Å². The topological polar surface area (TPSA) is 61.3 Å². The molecule has 0 aliphatic carbocycles. The molecule has 2 aromatic rings. The number of hydrogen-bond acceptors (Lipinski definition) is 4. The molecule has 0 saturated heterocycles. The SMILES string of the molecule is COCc1cccc(-c2cc(N)no2)c1. The lowest BCUT2D eigenvalue weighted by atomic mass is 10.1. The number of nitrogen functional groups attached to an aromatic ring is 1. The van der Waals surface area contributed by atoms with Crippen LogP contribution in [0.5, 0.6) is 0 Å². The van der Waals surface area contributed by atoms with E-state index in [1.807, 2.05) is 24.3 Å². The summed E-state index contributed by atoms with van der Waals surface area (Å²) in [6, 6.07) is 9.57. The molecule has 4 heteroatoms. The number of hydrogen-bond donors (Lipinski definition) is 1. The molecule has 0 aliphatic heterocycles. The first kappa shape index (κ1) is 9.73. The Morgan fingerprint density at radius 2 is 2.27 bits per heavy atom. The number of rotatable bonds is 3. The van der Waals surface area contributed by atoms with Crippen LogP contribution in [0, 0.1) is 0 Å². The highest BCUT2D eigenvalue weighted by molar-refractivity contribution is 5.60. The van der Waals surface area contributed by atoms with Crippen molar-refractivity contribution < 1.29 is 9.26 Å². The number of ether oxygens (including phenoxy) is 1. The quantitative estimate of drug-likeness (QED) is 0.831. The highest BCUT2D eigenvalue weighted by Gasteiger charge is 2.04. The van der Waals surface area contributed by atoms with E-state index in [4.69, 9.17) is 15.0 Å². The molecule has 2 rings (SSSR count). The molecule has 0 spiro atoms. The predicted octanol–water partition coefficient (Wildman–Crippen LogP) is 2.07. The molecule has 78 valence electrons. The summed E-state index contributed by atoms with van der Waals surface area (Å²) in [5.74, 6) is 1.06. The number of anilines is 1. The van der Waals surface area contributed by atoms with Gasteiger partial charge in [0.05, 0.1) is 6.61 Å². The summed E-state index contributed by atoms with van der Waals surface area (Å²) < 4.78 is 10.1. The van der Waals surface area contributed by atoms with Crippen molar-refractivity contribution in [2.75, 3.05) is 12.8 Å². The maximum absolute atomic E-state index is 5.48. The third-order valence-corrected chi connectivity index (χ3v) is 2.05. The first-order valence-electron chi connectivity index (χ1n) is 4.60. The van der Waals surface area contributed by atoms with Gasteiger partial charge in [-0.15, -0.1) is 0 Å². The minimum absolute atomic E-state index is 0.391. The van der Waals surface area contributed by atoms with Crippen molar-refractivity contribution in [2.24, 2.45) is 0 Å². The molecular formula is C11H12N2O2. The predicted molar refractivity (Wildman–Crippen MR) is 57.1 cm³/mol. The molecule has 1 aromatic heterocycles. The number of benzene rings is 1. The Labute approximate surface area is 87.6 Å². The molecule has 0 fully saturated rings. The summed E-state index contributed by atoms with van der Waals surface area (Å²) in [5, 5.41) is 3.64. The lowest BCUT2D eigenvalue weighted by Gasteiger charge is -2.01. The van der Waals surface area contributed by atoms with Gasteiger partial charge in [-0.25, -0.2) is 0 Å². The molecule has 1 aromatic carbocycles. The Hall–Kier alpha value is -1.81. The van der Waals surface area contributed by atoms with Crippen LogP contribution in [0.25, 0.3) is 11.3 Å². The Morgan fingerprint density at radius 1 is 1.40 bits per heavy atom. The Bertz CT molecular complexity index is 451. The molecule has 0 saturated carbocycles. The summed E-state index contributed by atoms with van der Waals surface area (Å²) in [6.45, 7) is 0.581. The second kappa shape index (κ2) is 4.14. The number of methoxy groups -OCH3 is 1. The molecule has 15 heavy (non-hydrogen) atoms. The van der Waals surface area contributed by atoms with Gasteiger partial charge in [0.1, 0.15) is 0 Å². The van der Waals surface area contributed by atoms with Gasteiger partial charge >= 0.3 is 0 Å². The molecule has 4 nitrogen and oxygen atoms in total. The monoisotopic (exact) mass is 204 g/mol. The van der Waals surface area contributed by atoms with Crippen LogP contribution >= 0.6 is 0 Å². The maximum Gasteiger partial charge on any atom is 0.169 e. The number of nitrogens with two attached hydrogens (primary N) is 1. The lowest BCUT2D eigenvalue weighted by Crippen LogP contribution is -1.87. The summed E-state index contributed by atoms with van der Waals surface area (Å²) in [5.41, 5.74) is 7.52. The van der Waals surface area contributed by atoms with Gasteiger partial charge in [-0.1, -0.05) is 23.4 Å². The van der Waals surface area contributed by atoms with Gasteiger partial charge in [-0.05, 0) is 11.6 Å². The molecule has 0 amide bonds. The van der Waals surface area contributed by atoms with Crippen molar-refractivity contribution in [2.45, 2.75) is 6.61 Å². The van der Waals surface area contributed by atoms with E-state index in [-0.39, 0.29) is 0 Å². The van der Waals surface area contributed by atoms with Crippen LogP contribution in [0.4, 0.5) is 5.82 Å². The average molecular weight is 204 g/mol. The maximum atomic E-state index is 5.48. The largest absolute Gasteiger partial charge is 0.381 e. The molecule has 0 unspecified atom stereocenters. The Kier molecular flexibility index (Phi) is 2.69. The van der Waals surface area contributed by atoms with E-state index in [0.717, 1.165) is 11.1 Å². The molecule has 0 aliphatic rings. The number of nitrogens with zero attached hydrogens (tertiary/aromatic N) is 1. The molecule has 2 N–H and O–H groups in total. The Morgan fingerprint density at radius 3 is 2.93 bits per heavy atom. The normalized spacial score (nSPS) is 10.5. The van der Waals surface area contributed by atoms with E-state index in [1.165, 1.54) is 0 Å². The van der Waals surface area contributed by atoms with Gasteiger partial charge in [0, 0.05) is 18.7 Å². The van der Waals surface area contributed by atoms with Gasteiger partial charge in [-0.2, -0.15) is 0 Å². The summed E-state index contributed by atoms with van der Waals surface area (Å²) in [4.78, 5) is 0. The molecule has 0 bridgehead atoms. The van der Waals surface area contributed by atoms with E-state index < -0.39 is 0 Å².